The van der Waals surface area contributed by atoms with E-state index in [2.05, 4.69) is 43.5 Å². The van der Waals surface area contributed by atoms with Crippen molar-refractivity contribution in [1.29, 1.82) is 0 Å². The highest BCUT2D eigenvalue weighted by Gasteiger charge is 2.23. The van der Waals surface area contributed by atoms with Gasteiger partial charge in [-0.2, -0.15) is 0 Å². The topological polar surface area (TPSA) is 108 Å². The molecule has 0 radical (unpaired) electrons. The van der Waals surface area contributed by atoms with Gasteiger partial charge < -0.3 is 28.8 Å². The minimum absolute atomic E-state index is 0.00624. The summed E-state index contributed by atoms with van der Waals surface area (Å²) in [4.78, 5) is 25.4. The molecule has 9 heteroatoms. The zero-order valence-electron chi connectivity index (χ0n) is 41.6. The number of hydrogen-bond acceptors (Lipinski definition) is 6. The van der Waals surface area contributed by atoms with Crippen molar-refractivity contribution in [2.45, 2.75) is 257 Å². The van der Waals surface area contributed by atoms with Crippen molar-refractivity contribution in [2.75, 3.05) is 40.9 Å². The smallest absolute Gasteiger partial charge is 0.268 e. The Labute approximate surface area is 385 Å². The number of phosphoric ester groups is 1. The van der Waals surface area contributed by atoms with Gasteiger partial charge in [0.1, 0.15) is 13.2 Å². The van der Waals surface area contributed by atoms with Gasteiger partial charge in [0, 0.05) is 6.42 Å². The molecule has 0 saturated heterocycles. The van der Waals surface area contributed by atoms with Crippen molar-refractivity contribution in [1.82, 2.24) is 5.32 Å². The summed E-state index contributed by atoms with van der Waals surface area (Å²) in [5.74, 6) is -0.208. The molecular weight excluding hydrogens is 792 g/mol. The lowest BCUT2D eigenvalue weighted by molar-refractivity contribution is -0.870. The first-order chi connectivity index (χ1) is 30.0. The maximum Gasteiger partial charge on any atom is 0.268 e. The molecule has 0 bridgehead atoms. The summed E-state index contributed by atoms with van der Waals surface area (Å²) in [5.41, 5.74) is 0. The van der Waals surface area contributed by atoms with Gasteiger partial charge in [0.2, 0.25) is 5.91 Å². The highest BCUT2D eigenvalue weighted by molar-refractivity contribution is 7.45. The van der Waals surface area contributed by atoms with E-state index in [4.69, 9.17) is 9.05 Å². The fourth-order valence-corrected chi connectivity index (χ4v) is 8.36. The van der Waals surface area contributed by atoms with E-state index < -0.39 is 26.6 Å². The molecule has 0 saturated carbocycles. The SMILES string of the molecule is CCCCCCCCCC/C=C\CCCCCCCCCCCC(=O)NC(COP(=O)([O-])OCC[N+](C)(C)C)C(O)/C=C/CC/C=C/CCCCCCCCCCCCCCC. The maximum atomic E-state index is 12.9. The molecule has 0 spiro atoms. The van der Waals surface area contributed by atoms with Crippen LogP contribution in [0.25, 0.3) is 0 Å². The third-order valence-corrected chi connectivity index (χ3v) is 12.8. The summed E-state index contributed by atoms with van der Waals surface area (Å²) in [7, 11) is 1.25. The van der Waals surface area contributed by atoms with Gasteiger partial charge >= 0.3 is 0 Å². The number of rotatable bonds is 48. The Kier molecular flexibility index (Phi) is 44.0. The van der Waals surface area contributed by atoms with E-state index in [1.165, 1.54) is 186 Å². The number of quaternary nitrogens is 1. The monoisotopic (exact) mass is 895 g/mol. The Bertz CT molecular complexity index is 1110. The maximum absolute atomic E-state index is 12.9. The van der Waals surface area contributed by atoms with Gasteiger partial charge in [-0.25, -0.2) is 0 Å². The number of carbonyl (C=O) groups is 1. The van der Waals surface area contributed by atoms with Gasteiger partial charge in [-0.3, -0.25) is 9.36 Å². The van der Waals surface area contributed by atoms with E-state index >= 15 is 0 Å². The van der Waals surface area contributed by atoms with Gasteiger partial charge in [-0.15, -0.1) is 0 Å². The molecule has 8 nitrogen and oxygen atoms in total. The predicted octanol–water partition coefficient (Wildman–Crippen LogP) is 14.8. The average molecular weight is 895 g/mol. The summed E-state index contributed by atoms with van der Waals surface area (Å²) in [5, 5.41) is 13.8. The van der Waals surface area contributed by atoms with Crippen LogP contribution >= 0.6 is 7.82 Å². The van der Waals surface area contributed by atoms with Crippen LogP contribution in [0.15, 0.2) is 36.5 Å². The van der Waals surface area contributed by atoms with Crippen LogP contribution in [-0.2, 0) is 18.4 Å². The van der Waals surface area contributed by atoms with E-state index in [0.717, 1.165) is 38.5 Å². The van der Waals surface area contributed by atoms with E-state index in [1.54, 1.807) is 6.08 Å². The van der Waals surface area contributed by atoms with E-state index in [0.29, 0.717) is 17.4 Å². The lowest BCUT2D eigenvalue weighted by Gasteiger charge is -2.29. The number of unbranched alkanes of at least 4 members (excludes halogenated alkanes) is 31. The fourth-order valence-electron chi connectivity index (χ4n) is 7.63. The number of aliphatic hydroxyl groups excluding tert-OH is 1. The molecule has 0 aliphatic rings. The first-order valence-electron chi connectivity index (χ1n) is 26.4. The number of aliphatic hydroxyl groups is 1. The van der Waals surface area contributed by atoms with Gasteiger partial charge in [-0.05, 0) is 57.8 Å². The number of carbonyl (C=O) groups excluding carboxylic acids is 1. The third-order valence-electron chi connectivity index (χ3n) is 11.8. The quantitative estimate of drug-likeness (QED) is 0.0273. The second kappa shape index (κ2) is 44.9. The number of nitrogens with one attached hydrogen (secondary N) is 1. The number of hydrogen-bond donors (Lipinski definition) is 2. The van der Waals surface area contributed by atoms with Crippen LogP contribution in [-0.4, -0.2) is 68.5 Å². The van der Waals surface area contributed by atoms with Crippen LogP contribution in [0.2, 0.25) is 0 Å². The summed E-state index contributed by atoms with van der Waals surface area (Å²) in [6.07, 6.45) is 56.3. The van der Waals surface area contributed by atoms with Crippen LogP contribution in [0, 0.1) is 0 Å². The Balaban J connectivity index is 4.33. The van der Waals surface area contributed by atoms with Gasteiger partial charge in [-0.1, -0.05) is 217 Å². The standard InChI is InChI=1S/C53H103N2O6P/c1-6-8-10-12-14-16-18-20-22-24-26-27-29-31-33-35-37-39-41-43-45-47-53(57)54-51(50-61-62(58,59)60-49-48-55(3,4)5)52(56)46-44-42-40-38-36-34-32-30-28-25-23-21-19-17-15-13-11-9-7-2/h24,26,36,38,44,46,51-52,56H,6-23,25,27-35,37,39-43,45,47-50H2,1-5H3,(H-,54,57,58,59)/b26-24-,38-36+,46-44+. The second-order valence-electron chi connectivity index (χ2n) is 19.2. The van der Waals surface area contributed by atoms with E-state index in [9.17, 15) is 19.4 Å². The Morgan fingerprint density at radius 2 is 0.903 bits per heavy atom. The van der Waals surface area contributed by atoms with Crippen molar-refractivity contribution in [3.63, 3.8) is 0 Å². The average Bonchev–Trinajstić information content (AvgIpc) is 3.23. The number of phosphoric acid groups is 1. The predicted molar refractivity (Wildman–Crippen MR) is 265 cm³/mol. The zero-order valence-corrected chi connectivity index (χ0v) is 42.5. The molecule has 0 aromatic heterocycles. The summed E-state index contributed by atoms with van der Waals surface area (Å²) in [6, 6.07) is -0.903. The second-order valence-corrected chi connectivity index (χ2v) is 20.6. The van der Waals surface area contributed by atoms with Crippen LogP contribution in [0.3, 0.4) is 0 Å². The molecule has 0 aliphatic heterocycles. The Morgan fingerprint density at radius 3 is 1.31 bits per heavy atom. The summed E-state index contributed by atoms with van der Waals surface area (Å²) in [6.45, 7) is 4.65. The van der Waals surface area contributed by atoms with Crippen LogP contribution in [0.4, 0.5) is 0 Å². The molecule has 366 valence electrons. The Hall–Kier alpha value is -1.28. The first kappa shape index (κ1) is 60.7. The molecule has 3 unspecified atom stereocenters. The number of likely N-dealkylation sites (N-methyl/N-ethyl adjacent to an activating group) is 1. The number of amides is 1. The van der Waals surface area contributed by atoms with Gasteiger partial charge in [0.05, 0.1) is 39.9 Å². The van der Waals surface area contributed by atoms with Crippen LogP contribution in [0.1, 0.15) is 245 Å². The van der Waals surface area contributed by atoms with Crippen molar-refractivity contribution in [2.24, 2.45) is 0 Å². The van der Waals surface area contributed by atoms with Crippen molar-refractivity contribution in [3.8, 4) is 0 Å². The van der Waals surface area contributed by atoms with E-state index in [1.807, 2.05) is 27.2 Å². The molecular formula is C53H103N2O6P. The van der Waals surface area contributed by atoms with Crippen LogP contribution in [0.5, 0.6) is 0 Å². The molecule has 2 N–H and O–H groups in total. The highest BCUT2D eigenvalue weighted by Crippen LogP contribution is 2.38. The molecule has 1 amide bonds. The first-order valence-corrected chi connectivity index (χ1v) is 27.8. The molecule has 62 heavy (non-hydrogen) atoms. The minimum atomic E-state index is -4.60. The molecule has 0 fully saturated rings. The summed E-state index contributed by atoms with van der Waals surface area (Å²) < 4.78 is 23.3. The molecule has 0 rings (SSSR count). The van der Waals surface area contributed by atoms with Crippen molar-refractivity contribution < 1.29 is 32.9 Å². The van der Waals surface area contributed by atoms with E-state index in [-0.39, 0.29) is 12.5 Å². The molecule has 0 aromatic carbocycles. The van der Waals surface area contributed by atoms with Crippen molar-refractivity contribution in [3.05, 3.63) is 36.5 Å². The molecule has 3 atom stereocenters. The largest absolute Gasteiger partial charge is 0.756 e. The zero-order chi connectivity index (χ0) is 45.7. The number of nitrogens with zero attached hydrogens (tertiary/aromatic N) is 1. The Morgan fingerprint density at radius 1 is 0.548 bits per heavy atom. The lowest BCUT2D eigenvalue weighted by atomic mass is 10.0. The molecule has 0 aliphatic carbocycles. The molecule has 0 aromatic rings. The number of allylic oxidation sites excluding steroid dienone is 5. The normalized spacial score (nSPS) is 14.4. The molecule has 0 heterocycles. The van der Waals surface area contributed by atoms with Gasteiger partial charge in [0.15, 0.2) is 0 Å². The lowest BCUT2D eigenvalue weighted by Crippen LogP contribution is -2.45. The fraction of sp³-hybridized carbons (Fsp3) is 0.868. The van der Waals surface area contributed by atoms with Gasteiger partial charge in [0.25, 0.3) is 7.82 Å². The highest BCUT2D eigenvalue weighted by atomic mass is 31.2. The van der Waals surface area contributed by atoms with Crippen LogP contribution < -0.4 is 10.2 Å². The van der Waals surface area contributed by atoms with Crippen molar-refractivity contribution >= 4 is 13.7 Å². The minimum Gasteiger partial charge on any atom is -0.756 e. The summed E-state index contributed by atoms with van der Waals surface area (Å²) >= 11 is 0. The third kappa shape index (κ3) is 46.7.